The number of hydrogen-bond acceptors (Lipinski definition) is 4. The van der Waals surface area contributed by atoms with Gasteiger partial charge in [0, 0.05) is 57.8 Å². The Morgan fingerprint density at radius 3 is 2.36 bits per heavy atom. The van der Waals surface area contributed by atoms with Gasteiger partial charge in [-0.05, 0) is 66.5 Å². The maximum absolute atomic E-state index is 14.2. The number of aliphatic carboxylic acids is 1. The van der Waals surface area contributed by atoms with Crippen LogP contribution in [-0.4, -0.2) is 83.2 Å². The monoisotopic (exact) mass is 588 g/mol. The largest absolute Gasteiger partial charge is 0.480 e. The van der Waals surface area contributed by atoms with Crippen LogP contribution in [0.4, 0.5) is 18.0 Å². The number of carbonyl (C=O) groups is 2. The van der Waals surface area contributed by atoms with E-state index in [0.29, 0.717) is 25.2 Å². The molecule has 2 aromatic carbocycles. The lowest BCUT2D eigenvalue weighted by atomic mass is 9.85. The highest BCUT2D eigenvalue weighted by molar-refractivity contribution is 5.75. The Hall–Kier alpha value is -3.11. The average Bonchev–Trinajstić information content (AvgIpc) is 3.32. The number of hydrogen-bond donors (Lipinski definition) is 2. The lowest BCUT2D eigenvalue weighted by molar-refractivity contribution is -0.147. The van der Waals surface area contributed by atoms with Crippen LogP contribution in [0.2, 0.25) is 0 Å². The quantitative estimate of drug-likeness (QED) is 0.415. The highest BCUT2D eigenvalue weighted by Crippen LogP contribution is 2.38. The summed E-state index contributed by atoms with van der Waals surface area (Å²) >= 11 is 0. The number of nitrogens with one attached hydrogen (secondary N) is 1. The molecule has 42 heavy (non-hydrogen) atoms. The summed E-state index contributed by atoms with van der Waals surface area (Å²) in [6.07, 6.45) is 1.57. The molecular weight excluding hydrogens is 545 g/mol. The molecule has 2 fully saturated rings. The number of likely N-dealkylation sites (tertiary alicyclic amines) is 2. The Balaban J connectivity index is 1.38. The van der Waals surface area contributed by atoms with Crippen molar-refractivity contribution in [3.05, 3.63) is 71.0 Å². The van der Waals surface area contributed by atoms with Gasteiger partial charge in [-0.2, -0.15) is 0 Å². The normalized spacial score (nSPS) is 21.3. The first-order valence-corrected chi connectivity index (χ1v) is 14.8. The van der Waals surface area contributed by atoms with E-state index in [2.05, 4.69) is 10.2 Å². The Kier molecular flexibility index (Phi) is 10.2. The van der Waals surface area contributed by atoms with Gasteiger partial charge in [0.1, 0.15) is 11.9 Å². The maximum atomic E-state index is 14.2. The third-order valence-corrected chi connectivity index (χ3v) is 8.69. The lowest BCUT2D eigenvalue weighted by Gasteiger charge is -2.39. The molecule has 0 radical (unpaired) electrons. The van der Waals surface area contributed by atoms with Crippen molar-refractivity contribution in [3.8, 4) is 0 Å². The van der Waals surface area contributed by atoms with Gasteiger partial charge in [-0.25, -0.2) is 18.0 Å². The molecule has 0 bridgehead atoms. The minimum Gasteiger partial charge on any atom is -0.480 e. The third-order valence-electron chi connectivity index (χ3n) is 8.69. The molecule has 2 aliphatic heterocycles. The van der Waals surface area contributed by atoms with Crippen LogP contribution in [0.1, 0.15) is 57.6 Å². The molecule has 10 heteroatoms. The average molecular weight is 589 g/mol. The van der Waals surface area contributed by atoms with Gasteiger partial charge in [0.25, 0.3) is 0 Å². The summed E-state index contributed by atoms with van der Waals surface area (Å²) in [5.74, 6) is -2.85. The van der Waals surface area contributed by atoms with Crippen molar-refractivity contribution in [2.75, 3.05) is 39.3 Å². The van der Waals surface area contributed by atoms with E-state index in [1.165, 1.54) is 12.1 Å². The van der Waals surface area contributed by atoms with E-state index >= 15 is 0 Å². The number of nitrogens with zero attached hydrogens (tertiary/aromatic N) is 3. The number of urea groups is 1. The van der Waals surface area contributed by atoms with E-state index in [1.807, 2.05) is 38.7 Å². The van der Waals surface area contributed by atoms with Gasteiger partial charge in [0.05, 0.1) is 0 Å². The first-order chi connectivity index (χ1) is 19.9. The number of halogens is 3. The second-order valence-electron chi connectivity index (χ2n) is 12.7. The third kappa shape index (κ3) is 7.64. The van der Waals surface area contributed by atoms with Crippen LogP contribution >= 0.6 is 0 Å². The number of amides is 2. The van der Waals surface area contributed by atoms with Crippen molar-refractivity contribution in [3.63, 3.8) is 0 Å². The van der Waals surface area contributed by atoms with Gasteiger partial charge in [0.2, 0.25) is 0 Å². The molecule has 2 aliphatic rings. The zero-order valence-corrected chi connectivity index (χ0v) is 25.0. The summed E-state index contributed by atoms with van der Waals surface area (Å²) < 4.78 is 41.0. The summed E-state index contributed by atoms with van der Waals surface area (Å²) in [7, 11) is 0. The van der Waals surface area contributed by atoms with Crippen LogP contribution in [0.3, 0.4) is 0 Å². The zero-order chi connectivity index (χ0) is 30.6. The topological polar surface area (TPSA) is 76.1 Å². The maximum Gasteiger partial charge on any atom is 0.321 e. The molecule has 230 valence electrons. The number of carboxylic acids is 1. The van der Waals surface area contributed by atoms with Crippen molar-refractivity contribution in [2.24, 2.45) is 11.3 Å². The van der Waals surface area contributed by atoms with E-state index in [-0.39, 0.29) is 36.3 Å². The minimum atomic E-state index is -0.941. The van der Waals surface area contributed by atoms with Crippen LogP contribution in [0.25, 0.3) is 0 Å². The molecule has 0 aromatic heterocycles. The standard InChI is InChI=1S/C32H43F3N4O3/c1-5-39(31(42)36-17-21-9-10-27(34)28(35)15-21)25-11-13-37(14-12-25)18-23-19-38(29(30(40)41)32(2,3)4)20-26(23)22-7-6-8-24(33)16-22/h6-10,15-16,23,25-26,29H,5,11-14,17-20H2,1-4H3,(H,36,42)(H,40,41)/t23-,26+,29-/m0/s1. The minimum absolute atomic E-state index is 0.0110. The molecular formula is C32H43F3N4O3. The summed E-state index contributed by atoms with van der Waals surface area (Å²) in [6, 6.07) is 9.40. The molecule has 0 saturated carbocycles. The molecule has 2 saturated heterocycles. The molecule has 2 N–H and O–H groups in total. The Bertz CT molecular complexity index is 1250. The Labute approximate surface area is 246 Å². The van der Waals surface area contributed by atoms with Crippen LogP contribution in [-0.2, 0) is 11.3 Å². The smallest absolute Gasteiger partial charge is 0.321 e. The van der Waals surface area contributed by atoms with Crippen LogP contribution in [0, 0.1) is 28.8 Å². The van der Waals surface area contributed by atoms with Gasteiger partial charge in [-0.1, -0.05) is 39.0 Å². The van der Waals surface area contributed by atoms with Crippen molar-refractivity contribution in [1.29, 1.82) is 0 Å². The van der Waals surface area contributed by atoms with E-state index in [0.717, 1.165) is 50.2 Å². The fourth-order valence-corrected chi connectivity index (χ4v) is 6.73. The summed E-state index contributed by atoms with van der Waals surface area (Å²) in [4.78, 5) is 31.5. The molecule has 0 spiro atoms. The second kappa shape index (κ2) is 13.5. The summed E-state index contributed by atoms with van der Waals surface area (Å²) in [5.41, 5.74) is 0.925. The molecule has 0 aliphatic carbocycles. The molecule has 0 unspecified atom stereocenters. The van der Waals surface area contributed by atoms with Crippen molar-refractivity contribution in [2.45, 2.75) is 65.1 Å². The van der Waals surface area contributed by atoms with Crippen LogP contribution in [0.5, 0.6) is 0 Å². The first kappa shape index (κ1) is 31.8. The van der Waals surface area contributed by atoms with Gasteiger partial charge < -0.3 is 20.2 Å². The summed E-state index contributed by atoms with van der Waals surface area (Å²) in [5, 5.41) is 12.9. The van der Waals surface area contributed by atoms with Gasteiger partial charge in [-0.3, -0.25) is 9.69 Å². The molecule has 2 heterocycles. The van der Waals surface area contributed by atoms with E-state index in [9.17, 15) is 27.9 Å². The van der Waals surface area contributed by atoms with Gasteiger partial charge in [-0.15, -0.1) is 0 Å². The number of rotatable bonds is 9. The predicted octanol–water partition coefficient (Wildman–Crippen LogP) is 5.31. The fourth-order valence-electron chi connectivity index (χ4n) is 6.73. The van der Waals surface area contributed by atoms with E-state index in [1.54, 1.807) is 17.0 Å². The lowest BCUT2D eigenvalue weighted by Crippen LogP contribution is -2.51. The van der Waals surface area contributed by atoms with Crippen molar-refractivity contribution < 1.29 is 27.9 Å². The zero-order valence-electron chi connectivity index (χ0n) is 25.0. The number of piperidine rings is 1. The Morgan fingerprint density at radius 2 is 1.76 bits per heavy atom. The van der Waals surface area contributed by atoms with Crippen LogP contribution < -0.4 is 5.32 Å². The van der Waals surface area contributed by atoms with Crippen molar-refractivity contribution >= 4 is 12.0 Å². The number of benzene rings is 2. The first-order valence-electron chi connectivity index (χ1n) is 14.8. The predicted molar refractivity (Wildman–Crippen MR) is 156 cm³/mol. The van der Waals surface area contributed by atoms with E-state index < -0.39 is 29.1 Å². The van der Waals surface area contributed by atoms with Gasteiger partial charge in [0.15, 0.2) is 11.6 Å². The highest BCUT2D eigenvalue weighted by atomic mass is 19.2. The molecule has 2 amide bonds. The highest BCUT2D eigenvalue weighted by Gasteiger charge is 2.44. The second-order valence-corrected chi connectivity index (χ2v) is 12.7. The SMILES string of the molecule is CCN(C(=O)NCc1ccc(F)c(F)c1)C1CCN(C[C@H]2CN([C@@H](C(=O)O)C(C)(C)C)C[C@@H]2c2cccc(F)c2)CC1. The molecule has 7 nitrogen and oxygen atoms in total. The van der Waals surface area contributed by atoms with Crippen molar-refractivity contribution in [1.82, 2.24) is 20.0 Å². The van der Waals surface area contributed by atoms with E-state index in [4.69, 9.17) is 0 Å². The molecule has 2 aromatic rings. The van der Waals surface area contributed by atoms with Crippen LogP contribution in [0.15, 0.2) is 42.5 Å². The molecule has 3 atom stereocenters. The number of carboxylic acid groups (broad SMARTS) is 1. The fraction of sp³-hybridized carbons (Fsp3) is 0.562. The summed E-state index contributed by atoms with van der Waals surface area (Å²) in [6.45, 7) is 11.9. The van der Waals surface area contributed by atoms with Gasteiger partial charge >= 0.3 is 12.0 Å². The molecule has 4 rings (SSSR count). The Morgan fingerprint density at radius 1 is 1.05 bits per heavy atom. The number of carbonyl (C=O) groups excluding carboxylic acids is 1.